The van der Waals surface area contributed by atoms with Gasteiger partial charge in [0.05, 0.1) is 18.6 Å². The van der Waals surface area contributed by atoms with Crippen molar-refractivity contribution >= 4 is 11.6 Å². The molecular weight excluding hydrogens is 352 g/mol. The van der Waals surface area contributed by atoms with Crippen molar-refractivity contribution in [1.29, 1.82) is 0 Å². The first kappa shape index (κ1) is 20.2. The Morgan fingerprint density at radius 1 is 1.19 bits per heavy atom. The highest BCUT2D eigenvalue weighted by Crippen LogP contribution is 2.34. The molecule has 0 aliphatic carbocycles. The minimum atomic E-state index is -0.476. The van der Waals surface area contributed by atoms with Crippen molar-refractivity contribution in [3.8, 4) is 22.6 Å². The van der Waals surface area contributed by atoms with E-state index in [1.807, 2.05) is 6.92 Å². The van der Waals surface area contributed by atoms with Gasteiger partial charge < -0.3 is 19.5 Å². The predicted octanol–water partition coefficient (Wildman–Crippen LogP) is 2.80. The van der Waals surface area contributed by atoms with Crippen molar-refractivity contribution in [3.05, 3.63) is 52.6 Å². The maximum absolute atomic E-state index is 12.0. The third-order valence-corrected chi connectivity index (χ3v) is 3.76. The molecule has 0 aliphatic heterocycles. The lowest BCUT2D eigenvalue weighted by atomic mass is 10.0. The van der Waals surface area contributed by atoms with Crippen LogP contribution in [0.25, 0.3) is 11.1 Å². The van der Waals surface area contributed by atoms with Crippen LogP contribution < -0.4 is 14.8 Å². The zero-order valence-electron chi connectivity index (χ0n) is 15.4. The van der Waals surface area contributed by atoms with Gasteiger partial charge in [-0.3, -0.25) is 14.9 Å². The number of non-ortho nitro benzene ring substituents is 1. The molecule has 1 amide bonds. The van der Waals surface area contributed by atoms with Crippen molar-refractivity contribution in [2.75, 3.05) is 27.4 Å². The fraction of sp³-hybridized carbons (Fsp3) is 0.316. The van der Waals surface area contributed by atoms with Crippen LogP contribution >= 0.6 is 0 Å². The molecule has 0 bridgehead atoms. The molecule has 2 aromatic rings. The van der Waals surface area contributed by atoms with Gasteiger partial charge in [0.1, 0.15) is 11.5 Å². The van der Waals surface area contributed by atoms with Crippen molar-refractivity contribution in [1.82, 2.24) is 5.32 Å². The molecule has 8 heteroatoms. The normalized spacial score (nSPS) is 11.5. The van der Waals surface area contributed by atoms with Crippen LogP contribution in [0, 0.1) is 10.1 Å². The van der Waals surface area contributed by atoms with Crippen molar-refractivity contribution in [3.63, 3.8) is 0 Å². The standard InChI is InChI=1S/C19H22N2O6/c1-13(11-25-2)20-19(22)12-27-18-9-6-15(21(23)24)10-17(18)14-4-7-16(26-3)8-5-14/h4-10,13H,11-12H2,1-3H3,(H,20,22)/t13-/m1/s1. The Morgan fingerprint density at radius 3 is 2.48 bits per heavy atom. The molecule has 0 fully saturated rings. The predicted molar refractivity (Wildman–Crippen MR) is 100 cm³/mol. The zero-order valence-corrected chi connectivity index (χ0v) is 15.4. The molecule has 27 heavy (non-hydrogen) atoms. The summed E-state index contributed by atoms with van der Waals surface area (Å²) in [6, 6.07) is 11.1. The van der Waals surface area contributed by atoms with E-state index in [9.17, 15) is 14.9 Å². The van der Waals surface area contributed by atoms with Gasteiger partial charge in [0.15, 0.2) is 6.61 Å². The Morgan fingerprint density at radius 2 is 1.89 bits per heavy atom. The number of nitro groups is 1. The molecule has 0 aromatic heterocycles. The number of nitrogens with zero attached hydrogens (tertiary/aromatic N) is 1. The molecule has 2 rings (SSSR count). The van der Waals surface area contributed by atoms with E-state index in [4.69, 9.17) is 14.2 Å². The summed E-state index contributed by atoms with van der Waals surface area (Å²) in [5.41, 5.74) is 1.17. The molecule has 0 spiro atoms. The first-order valence-corrected chi connectivity index (χ1v) is 8.28. The maximum atomic E-state index is 12.0. The quantitative estimate of drug-likeness (QED) is 0.535. The zero-order chi connectivity index (χ0) is 19.8. The smallest absolute Gasteiger partial charge is 0.270 e. The van der Waals surface area contributed by atoms with Gasteiger partial charge in [-0.15, -0.1) is 0 Å². The largest absolute Gasteiger partial charge is 0.497 e. The summed E-state index contributed by atoms with van der Waals surface area (Å²) in [5, 5.41) is 13.9. The molecule has 1 atom stereocenters. The number of hydrogen-bond donors (Lipinski definition) is 1. The highest BCUT2D eigenvalue weighted by Gasteiger charge is 2.15. The highest BCUT2D eigenvalue weighted by atomic mass is 16.6. The van der Waals surface area contributed by atoms with E-state index in [1.54, 1.807) is 38.5 Å². The van der Waals surface area contributed by atoms with Gasteiger partial charge in [0.25, 0.3) is 11.6 Å². The van der Waals surface area contributed by atoms with Gasteiger partial charge in [-0.1, -0.05) is 12.1 Å². The Labute approximate surface area is 157 Å². The average molecular weight is 374 g/mol. The number of carbonyl (C=O) groups excluding carboxylic acids is 1. The molecule has 2 aromatic carbocycles. The number of hydrogen-bond acceptors (Lipinski definition) is 6. The number of rotatable bonds is 9. The fourth-order valence-electron chi connectivity index (χ4n) is 2.51. The topological polar surface area (TPSA) is 99.9 Å². The number of benzene rings is 2. The monoisotopic (exact) mass is 374 g/mol. The lowest BCUT2D eigenvalue weighted by molar-refractivity contribution is -0.384. The molecule has 1 N–H and O–H groups in total. The van der Waals surface area contributed by atoms with Crippen LogP contribution in [-0.2, 0) is 9.53 Å². The maximum Gasteiger partial charge on any atom is 0.270 e. The van der Waals surface area contributed by atoms with Crippen molar-refractivity contribution < 1.29 is 23.9 Å². The van der Waals surface area contributed by atoms with Crippen LogP contribution in [-0.4, -0.2) is 44.3 Å². The minimum absolute atomic E-state index is 0.0636. The van der Waals surface area contributed by atoms with E-state index in [0.29, 0.717) is 29.2 Å². The Kier molecular flexibility index (Phi) is 7.13. The Bertz CT molecular complexity index is 791. The van der Waals surface area contributed by atoms with E-state index in [0.717, 1.165) is 0 Å². The molecule has 0 aliphatic rings. The number of ether oxygens (including phenoxy) is 3. The highest BCUT2D eigenvalue weighted by molar-refractivity contribution is 5.79. The first-order chi connectivity index (χ1) is 12.9. The number of carbonyl (C=O) groups is 1. The Balaban J connectivity index is 2.22. The van der Waals surface area contributed by atoms with E-state index in [1.165, 1.54) is 18.2 Å². The third-order valence-electron chi connectivity index (χ3n) is 3.76. The summed E-state index contributed by atoms with van der Waals surface area (Å²) in [6.45, 7) is 1.99. The van der Waals surface area contributed by atoms with Crippen molar-refractivity contribution in [2.24, 2.45) is 0 Å². The molecular formula is C19H22N2O6. The van der Waals surface area contributed by atoms with Gasteiger partial charge >= 0.3 is 0 Å². The number of methoxy groups -OCH3 is 2. The van der Waals surface area contributed by atoms with Crippen LogP contribution in [0.3, 0.4) is 0 Å². The molecule has 8 nitrogen and oxygen atoms in total. The SMILES string of the molecule is COC[C@@H](C)NC(=O)COc1ccc([N+](=O)[O-])cc1-c1ccc(OC)cc1. The minimum Gasteiger partial charge on any atom is -0.497 e. The molecule has 0 saturated heterocycles. The molecule has 0 saturated carbocycles. The average Bonchev–Trinajstić information content (AvgIpc) is 2.66. The number of nitrogens with one attached hydrogen (secondary N) is 1. The second-order valence-electron chi connectivity index (χ2n) is 5.88. The van der Waals surface area contributed by atoms with Crippen LogP contribution in [0.2, 0.25) is 0 Å². The third kappa shape index (κ3) is 5.68. The van der Waals surface area contributed by atoms with E-state index < -0.39 is 4.92 Å². The molecule has 0 heterocycles. The summed E-state index contributed by atoms with van der Waals surface area (Å²) in [4.78, 5) is 22.6. The van der Waals surface area contributed by atoms with Crippen LogP contribution in [0.4, 0.5) is 5.69 Å². The van der Waals surface area contributed by atoms with Crippen LogP contribution in [0.1, 0.15) is 6.92 Å². The van der Waals surface area contributed by atoms with Crippen molar-refractivity contribution in [2.45, 2.75) is 13.0 Å². The number of nitro benzene ring substituents is 1. The van der Waals surface area contributed by atoms with Gasteiger partial charge in [-0.2, -0.15) is 0 Å². The van der Waals surface area contributed by atoms with Crippen LogP contribution in [0.5, 0.6) is 11.5 Å². The molecule has 0 unspecified atom stereocenters. The van der Waals surface area contributed by atoms with E-state index >= 15 is 0 Å². The van der Waals surface area contributed by atoms with Gasteiger partial charge in [0, 0.05) is 30.8 Å². The summed E-state index contributed by atoms with van der Waals surface area (Å²) in [5.74, 6) is 0.733. The summed E-state index contributed by atoms with van der Waals surface area (Å²) < 4.78 is 15.7. The molecule has 0 radical (unpaired) electrons. The fourth-order valence-corrected chi connectivity index (χ4v) is 2.51. The second-order valence-corrected chi connectivity index (χ2v) is 5.88. The van der Waals surface area contributed by atoms with Gasteiger partial charge in [-0.25, -0.2) is 0 Å². The lowest BCUT2D eigenvalue weighted by Gasteiger charge is -2.15. The van der Waals surface area contributed by atoms with Gasteiger partial charge in [0.2, 0.25) is 0 Å². The first-order valence-electron chi connectivity index (χ1n) is 8.28. The van der Waals surface area contributed by atoms with E-state index in [2.05, 4.69) is 5.32 Å². The number of amides is 1. The van der Waals surface area contributed by atoms with Gasteiger partial charge in [-0.05, 0) is 30.7 Å². The van der Waals surface area contributed by atoms with Crippen LogP contribution in [0.15, 0.2) is 42.5 Å². The summed E-state index contributed by atoms with van der Waals surface area (Å²) >= 11 is 0. The summed E-state index contributed by atoms with van der Waals surface area (Å²) in [7, 11) is 3.11. The lowest BCUT2D eigenvalue weighted by Crippen LogP contribution is -2.38. The second kappa shape index (κ2) is 9.54. The van der Waals surface area contributed by atoms with E-state index in [-0.39, 0.29) is 24.2 Å². The summed E-state index contributed by atoms with van der Waals surface area (Å²) in [6.07, 6.45) is 0. The molecule has 144 valence electrons. The Hall–Kier alpha value is -3.13.